The quantitative estimate of drug-likeness (QED) is 0.439. The van der Waals surface area contributed by atoms with Gasteiger partial charge in [0.25, 0.3) is 0 Å². The zero-order chi connectivity index (χ0) is 21.6. The van der Waals surface area contributed by atoms with Crippen molar-refractivity contribution < 1.29 is 32.2 Å². The van der Waals surface area contributed by atoms with Crippen LogP contribution in [0.4, 0.5) is 17.6 Å². The summed E-state index contributed by atoms with van der Waals surface area (Å²) in [6.07, 6.45) is 5.95. The first kappa shape index (κ1) is 19.7. The molecule has 0 saturated heterocycles. The molecule has 30 heavy (non-hydrogen) atoms. The van der Waals surface area contributed by atoms with E-state index in [0.29, 0.717) is 18.4 Å². The molecule has 0 amide bonds. The van der Waals surface area contributed by atoms with E-state index in [-0.39, 0.29) is 22.4 Å². The molecule has 1 aromatic heterocycles. The maximum atomic E-state index is 14.7. The Labute approximate surface area is 167 Å². The van der Waals surface area contributed by atoms with Gasteiger partial charge in [0, 0.05) is 0 Å². The van der Waals surface area contributed by atoms with Crippen molar-refractivity contribution in [3.8, 4) is 17.1 Å². The minimum atomic E-state index is -1.72. The molecule has 154 valence electrons. The first-order valence-electron chi connectivity index (χ1n) is 8.92. The van der Waals surface area contributed by atoms with Crippen molar-refractivity contribution in [2.75, 3.05) is 0 Å². The van der Waals surface area contributed by atoms with Crippen LogP contribution >= 0.6 is 0 Å². The second-order valence-electron chi connectivity index (χ2n) is 6.75. The average molecular weight is 418 g/mol. The fourth-order valence-electron chi connectivity index (χ4n) is 3.24. The van der Waals surface area contributed by atoms with E-state index in [9.17, 15) is 27.5 Å². The molecule has 5 nitrogen and oxygen atoms in total. The molecule has 1 heterocycles. The molecule has 4 rings (SSSR count). The maximum Gasteiger partial charge on any atom is 0.337 e. The number of carboxylic acid groups (broad SMARTS) is 1. The lowest BCUT2D eigenvalue weighted by Gasteiger charge is -2.13. The van der Waals surface area contributed by atoms with Crippen LogP contribution in [0.15, 0.2) is 36.1 Å². The topological polar surface area (TPSA) is 75.2 Å². The van der Waals surface area contributed by atoms with Crippen LogP contribution < -0.4 is 4.74 Å². The summed E-state index contributed by atoms with van der Waals surface area (Å²) in [6.45, 7) is 1.62. The summed E-state index contributed by atoms with van der Waals surface area (Å²) in [7, 11) is 0. The number of nitrogens with one attached hydrogen (secondary N) is 1. The minimum absolute atomic E-state index is 0.0657. The Balaban J connectivity index is 1.88. The molecule has 0 saturated carbocycles. The number of benzene rings is 2. The monoisotopic (exact) mass is 418 g/mol. The molecular weight excluding hydrogens is 404 g/mol. The van der Waals surface area contributed by atoms with E-state index in [0.717, 1.165) is 0 Å². The number of aromatic amines is 1. The summed E-state index contributed by atoms with van der Waals surface area (Å²) in [5, 5.41) is 9.33. The highest BCUT2D eigenvalue weighted by Crippen LogP contribution is 2.37. The molecule has 2 N–H and O–H groups in total. The molecule has 0 fully saturated rings. The second kappa shape index (κ2) is 7.33. The minimum Gasteiger partial charge on any atom is -0.478 e. The number of aromatic carboxylic acids is 1. The Hall–Kier alpha value is -3.62. The number of hydrogen-bond acceptors (Lipinski definition) is 3. The fraction of sp³-hybridized carbons (Fsp3) is 0.143. The normalized spacial score (nSPS) is 13.6. The van der Waals surface area contributed by atoms with Crippen LogP contribution in [-0.2, 0) is 0 Å². The summed E-state index contributed by atoms with van der Waals surface area (Å²) in [5.41, 5.74) is -0.702. The van der Waals surface area contributed by atoms with E-state index in [1.54, 1.807) is 13.0 Å². The number of aromatic nitrogens is 2. The summed E-state index contributed by atoms with van der Waals surface area (Å²) in [5.74, 6) is -9.86. The van der Waals surface area contributed by atoms with Gasteiger partial charge >= 0.3 is 5.97 Å². The van der Waals surface area contributed by atoms with Crippen molar-refractivity contribution in [2.45, 2.75) is 19.8 Å². The number of H-pyrrole nitrogens is 1. The molecule has 0 unspecified atom stereocenters. The number of carbonyl (C=O) groups is 1. The van der Waals surface area contributed by atoms with Gasteiger partial charge in [-0.2, -0.15) is 8.78 Å². The van der Waals surface area contributed by atoms with Gasteiger partial charge in [0.1, 0.15) is 17.1 Å². The third-order valence-corrected chi connectivity index (χ3v) is 4.60. The van der Waals surface area contributed by atoms with Crippen LogP contribution in [0.5, 0.6) is 5.75 Å². The largest absolute Gasteiger partial charge is 0.478 e. The highest BCUT2D eigenvalue weighted by Gasteiger charge is 2.30. The molecule has 0 spiro atoms. The van der Waals surface area contributed by atoms with Crippen LogP contribution in [0.3, 0.4) is 0 Å². The van der Waals surface area contributed by atoms with Gasteiger partial charge in [-0.3, -0.25) is 0 Å². The number of fused-ring (bicyclic) bond motifs is 1. The number of hydrogen-bond donors (Lipinski definition) is 2. The number of allylic oxidation sites excluding steroid dienone is 3. The van der Waals surface area contributed by atoms with E-state index in [4.69, 9.17) is 4.74 Å². The third kappa shape index (κ3) is 3.22. The summed E-state index contributed by atoms with van der Waals surface area (Å²) < 4.78 is 63.7. The first-order valence-corrected chi connectivity index (χ1v) is 8.92. The third-order valence-electron chi connectivity index (χ3n) is 4.60. The molecule has 0 radical (unpaired) electrons. The van der Waals surface area contributed by atoms with Crippen molar-refractivity contribution in [3.05, 3.63) is 70.5 Å². The molecule has 2 aromatic carbocycles. The van der Waals surface area contributed by atoms with Crippen LogP contribution in [0.1, 0.15) is 28.8 Å². The van der Waals surface area contributed by atoms with Gasteiger partial charge in [-0.1, -0.05) is 6.08 Å². The zero-order valence-electron chi connectivity index (χ0n) is 15.5. The Morgan fingerprint density at radius 1 is 1.10 bits per heavy atom. The second-order valence-corrected chi connectivity index (χ2v) is 6.75. The van der Waals surface area contributed by atoms with Gasteiger partial charge in [0.05, 0.1) is 16.6 Å². The Kier molecular flexibility index (Phi) is 4.81. The average Bonchev–Trinajstić information content (AvgIpc) is 3.13. The van der Waals surface area contributed by atoms with Crippen molar-refractivity contribution >= 4 is 17.0 Å². The molecule has 0 bridgehead atoms. The number of rotatable bonds is 4. The Bertz CT molecular complexity index is 1230. The first-order chi connectivity index (χ1) is 14.3. The Morgan fingerprint density at radius 3 is 2.40 bits per heavy atom. The summed E-state index contributed by atoms with van der Waals surface area (Å²) in [6, 6.07) is 2.83. The van der Waals surface area contributed by atoms with Crippen molar-refractivity contribution in [2.24, 2.45) is 0 Å². The number of halogens is 4. The predicted molar refractivity (Wildman–Crippen MR) is 100 cm³/mol. The number of ether oxygens (including phenoxy) is 1. The highest BCUT2D eigenvalue weighted by atomic mass is 19.2. The molecule has 9 heteroatoms. The van der Waals surface area contributed by atoms with Gasteiger partial charge in [-0.25, -0.2) is 18.6 Å². The van der Waals surface area contributed by atoms with Crippen molar-refractivity contribution in [3.63, 3.8) is 0 Å². The smallest absolute Gasteiger partial charge is 0.337 e. The number of nitrogens with zero attached hydrogens (tertiary/aromatic N) is 1. The van der Waals surface area contributed by atoms with E-state index >= 15 is 0 Å². The molecule has 3 aromatic rings. The highest BCUT2D eigenvalue weighted by molar-refractivity contribution is 6.02. The lowest BCUT2D eigenvalue weighted by Crippen LogP contribution is -2.07. The van der Waals surface area contributed by atoms with Gasteiger partial charge < -0.3 is 14.8 Å². The molecule has 0 aliphatic heterocycles. The van der Waals surface area contributed by atoms with E-state index in [1.165, 1.54) is 24.3 Å². The standard InChI is InChI=1S/C21H14F4N2O3/c1-9-7-11(21(28)29)18-12(8-9)26-20(27-18)13-14(22)16(24)19(17(25)15(13)23)30-10-5-3-2-4-6-10/h3,5-8H,2,4H2,1H3,(H,26,27)(H,28,29). The zero-order valence-corrected chi connectivity index (χ0v) is 15.5. The molecule has 1 aliphatic carbocycles. The SMILES string of the molecule is Cc1cc(C(=O)O)c2nc(-c3c(F)c(F)c(OC4=CCCC=C4)c(F)c3F)[nH]c2c1. The van der Waals surface area contributed by atoms with E-state index in [1.807, 2.05) is 0 Å². The van der Waals surface area contributed by atoms with Crippen molar-refractivity contribution in [1.82, 2.24) is 9.97 Å². The van der Waals surface area contributed by atoms with Crippen molar-refractivity contribution in [1.29, 1.82) is 0 Å². The van der Waals surface area contributed by atoms with Gasteiger partial charge in [-0.05, 0) is 49.6 Å². The Morgan fingerprint density at radius 2 is 1.80 bits per heavy atom. The fourth-order valence-corrected chi connectivity index (χ4v) is 3.24. The van der Waals surface area contributed by atoms with Gasteiger partial charge in [0.2, 0.25) is 17.4 Å². The number of imidazole rings is 1. The summed E-state index contributed by atoms with van der Waals surface area (Å²) >= 11 is 0. The molecular formula is C21H14F4N2O3. The van der Waals surface area contributed by atoms with Crippen LogP contribution in [0, 0.1) is 30.2 Å². The van der Waals surface area contributed by atoms with E-state index < -0.39 is 46.4 Å². The molecule has 1 aliphatic rings. The van der Waals surface area contributed by atoms with Gasteiger partial charge in [0.15, 0.2) is 11.6 Å². The lowest BCUT2D eigenvalue weighted by molar-refractivity contribution is 0.0698. The summed E-state index contributed by atoms with van der Waals surface area (Å²) in [4.78, 5) is 17.9. The van der Waals surface area contributed by atoms with E-state index in [2.05, 4.69) is 9.97 Å². The lowest BCUT2D eigenvalue weighted by atomic mass is 10.1. The van der Waals surface area contributed by atoms with Crippen LogP contribution in [0.25, 0.3) is 22.4 Å². The van der Waals surface area contributed by atoms with Crippen LogP contribution in [-0.4, -0.2) is 21.0 Å². The maximum absolute atomic E-state index is 14.7. The predicted octanol–water partition coefficient (Wildman–Crippen LogP) is 5.41. The number of aryl methyl sites for hydroxylation is 1. The van der Waals surface area contributed by atoms with Gasteiger partial charge in [-0.15, -0.1) is 0 Å². The molecule has 0 atom stereocenters. The van der Waals surface area contributed by atoms with Crippen LogP contribution in [0.2, 0.25) is 0 Å². The number of carboxylic acids is 1.